The minimum atomic E-state index is -0.182. The predicted octanol–water partition coefficient (Wildman–Crippen LogP) is 3.05. The van der Waals surface area contributed by atoms with E-state index in [4.69, 9.17) is 9.47 Å². The van der Waals surface area contributed by atoms with Crippen LogP contribution in [-0.2, 0) is 26.2 Å². The van der Waals surface area contributed by atoms with Crippen LogP contribution >= 0.6 is 11.9 Å². The number of carbonyl (C=O) groups excluding carboxylic acids is 1. The topological polar surface area (TPSA) is 47.6 Å². The van der Waals surface area contributed by atoms with Crippen molar-refractivity contribution in [1.82, 2.24) is 4.72 Å². The summed E-state index contributed by atoms with van der Waals surface area (Å²) in [5.74, 6) is -0.182. The van der Waals surface area contributed by atoms with Gasteiger partial charge in [0, 0.05) is 4.75 Å². The molecule has 4 nitrogen and oxygen atoms in total. The van der Waals surface area contributed by atoms with Gasteiger partial charge in [-0.2, -0.15) is 0 Å². The number of carbonyl (C=O) groups is 1. The van der Waals surface area contributed by atoms with Gasteiger partial charge in [-0.3, -0.25) is 4.79 Å². The molecule has 1 aromatic rings. The van der Waals surface area contributed by atoms with Crippen molar-refractivity contribution < 1.29 is 14.3 Å². The van der Waals surface area contributed by atoms with E-state index < -0.39 is 0 Å². The predicted molar refractivity (Wildman–Crippen MR) is 89.8 cm³/mol. The Morgan fingerprint density at radius 3 is 2.41 bits per heavy atom. The number of ether oxygens (including phenoxy) is 2. The second-order valence-corrected chi connectivity index (χ2v) is 8.20. The van der Waals surface area contributed by atoms with Gasteiger partial charge in [0.15, 0.2) is 0 Å². The van der Waals surface area contributed by atoms with Crippen molar-refractivity contribution >= 4 is 17.9 Å². The zero-order valence-corrected chi connectivity index (χ0v) is 14.6. The summed E-state index contributed by atoms with van der Waals surface area (Å²) in [5.41, 5.74) is 2.05. The van der Waals surface area contributed by atoms with Crippen LogP contribution in [0.5, 0.6) is 0 Å². The van der Waals surface area contributed by atoms with Gasteiger partial charge in [-0.05, 0) is 38.8 Å². The maximum atomic E-state index is 11.5. The monoisotopic (exact) mass is 323 g/mol. The molecule has 5 heteroatoms. The van der Waals surface area contributed by atoms with E-state index in [-0.39, 0.29) is 16.3 Å². The van der Waals surface area contributed by atoms with Crippen LogP contribution in [0, 0.1) is 0 Å². The largest absolute Gasteiger partial charge is 0.466 e. The highest BCUT2D eigenvalue weighted by atomic mass is 32.2. The van der Waals surface area contributed by atoms with E-state index >= 15 is 0 Å². The molecule has 1 saturated heterocycles. The van der Waals surface area contributed by atoms with Crippen molar-refractivity contribution in [2.45, 2.75) is 44.4 Å². The fourth-order valence-corrected chi connectivity index (χ4v) is 2.90. The third-order valence-electron chi connectivity index (χ3n) is 3.41. The molecule has 1 aliphatic heterocycles. The Labute approximate surface area is 137 Å². The average Bonchev–Trinajstić information content (AvgIpc) is 2.38. The van der Waals surface area contributed by atoms with E-state index in [0.717, 1.165) is 5.56 Å². The highest BCUT2D eigenvalue weighted by molar-refractivity contribution is 7.98. The van der Waals surface area contributed by atoms with Gasteiger partial charge < -0.3 is 9.47 Å². The summed E-state index contributed by atoms with van der Waals surface area (Å²) in [5, 5.41) is 0. The van der Waals surface area contributed by atoms with Crippen molar-refractivity contribution in [3.63, 3.8) is 0 Å². The lowest BCUT2D eigenvalue weighted by atomic mass is 9.88. The minimum absolute atomic E-state index is 0.125. The minimum Gasteiger partial charge on any atom is -0.466 e. The van der Waals surface area contributed by atoms with E-state index in [1.807, 2.05) is 19.1 Å². The molecule has 0 atom stereocenters. The second-order valence-electron chi connectivity index (χ2n) is 6.57. The lowest BCUT2D eigenvalue weighted by molar-refractivity contribution is -0.142. The van der Waals surface area contributed by atoms with E-state index in [1.165, 1.54) is 5.56 Å². The molecule has 0 amide bonds. The Hall–Kier alpha value is -1.04. The van der Waals surface area contributed by atoms with Crippen LogP contribution in [0.25, 0.3) is 0 Å². The number of hydrogen-bond donors (Lipinski definition) is 1. The molecule has 1 heterocycles. The first-order chi connectivity index (χ1) is 10.3. The van der Waals surface area contributed by atoms with Crippen LogP contribution in [0.1, 0.15) is 38.8 Å². The molecular formula is C17H25NO3S. The van der Waals surface area contributed by atoms with Gasteiger partial charge in [0.05, 0.1) is 31.8 Å². The van der Waals surface area contributed by atoms with Crippen molar-refractivity contribution in [2.24, 2.45) is 0 Å². The molecule has 1 aromatic carbocycles. The molecule has 0 unspecified atom stereocenters. The molecule has 0 aliphatic carbocycles. The van der Waals surface area contributed by atoms with Crippen molar-refractivity contribution in [3.05, 3.63) is 35.4 Å². The number of esters is 1. The average molecular weight is 323 g/mol. The van der Waals surface area contributed by atoms with Gasteiger partial charge >= 0.3 is 5.97 Å². The summed E-state index contributed by atoms with van der Waals surface area (Å²) in [4.78, 5) is 11.5. The zero-order chi connectivity index (χ0) is 16.2. The van der Waals surface area contributed by atoms with Crippen LogP contribution < -0.4 is 4.72 Å². The Morgan fingerprint density at radius 1 is 1.32 bits per heavy atom. The smallest absolute Gasteiger partial charge is 0.310 e. The number of hydrogen-bond acceptors (Lipinski definition) is 5. The molecule has 0 aromatic heterocycles. The van der Waals surface area contributed by atoms with E-state index in [0.29, 0.717) is 26.2 Å². The van der Waals surface area contributed by atoms with Crippen LogP contribution in [0.2, 0.25) is 0 Å². The fourth-order valence-electron chi connectivity index (χ4n) is 2.16. The summed E-state index contributed by atoms with van der Waals surface area (Å²) < 4.78 is 14.1. The first-order valence-corrected chi connectivity index (χ1v) is 8.44. The first-order valence-electron chi connectivity index (χ1n) is 7.63. The van der Waals surface area contributed by atoms with Gasteiger partial charge in [0.2, 0.25) is 0 Å². The standard InChI is InChI=1S/C17H25NO3S/c1-5-21-15(19)10-13-6-8-14(9-7-13)17(11-20-12-17)18-22-16(2,3)4/h6-9,18H,5,10-12H2,1-4H3. The third kappa shape index (κ3) is 4.48. The second kappa shape index (κ2) is 7.02. The SMILES string of the molecule is CCOC(=O)Cc1ccc(C2(NSC(C)(C)C)COC2)cc1. The molecular weight excluding hydrogens is 298 g/mol. The molecule has 122 valence electrons. The van der Waals surface area contributed by atoms with E-state index in [1.54, 1.807) is 11.9 Å². The van der Waals surface area contributed by atoms with Gasteiger partial charge in [-0.25, -0.2) is 4.72 Å². The summed E-state index contributed by atoms with van der Waals surface area (Å²) in [6.45, 7) is 10.1. The summed E-state index contributed by atoms with van der Waals surface area (Å²) in [6.07, 6.45) is 0.321. The molecule has 0 bridgehead atoms. The maximum Gasteiger partial charge on any atom is 0.310 e. The first kappa shape index (κ1) is 17.3. The van der Waals surface area contributed by atoms with Gasteiger partial charge in [0.1, 0.15) is 0 Å². The quantitative estimate of drug-likeness (QED) is 0.644. The maximum absolute atomic E-state index is 11.5. The number of rotatable bonds is 6. The van der Waals surface area contributed by atoms with Gasteiger partial charge in [-0.1, -0.05) is 36.2 Å². The summed E-state index contributed by atoms with van der Waals surface area (Å²) in [7, 11) is 0. The molecule has 1 fully saturated rings. The van der Waals surface area contributed by atoms with Crippen molar-refractivity contribution in [1.29, 1.82) is 0 Å². The fraction of sp³-hybridized carbons (Fsp3) is 0.588. The highest BCUT2D eigenvalue weighted by Gasteiger charge is 2.41. The van der Waals surface area contributed by atoms with E-state index in [9.17, 15) is 4.79 Å². The molecule has 1 aliphatic rings. The Balaban J connectivity index is 2.03. The molecule has 1 N–H and O–H groups in total. The molecule has 22 heavy (non-hydrogen) atoms. The van der Waals surface area contributed by atoms with E-state index in [2.05, 4.69) is 37.6 Å². The Bertz CT molecular complexity index is 504. The molecule has 0 saturated carbocycles. The van der Waals surface area contributed by atoms with Crippen LogP contribution in [-0.4, -0.2) is 30.5 Å². The van der Waals surface area contributed by atoms with Gasteiger partial charge in [0.25, 0.3) is 0 Å². The normalized spacial score (nSPS) is 16.9. The summed E-state index contributed by atoms with van der Waals surface area (Å²) >= 11 is 1.73. The number of benzene rings is 1. The highest BCUT2D eigenvalue weighted by Crippen LogP contribution is 2.34. The zero-order valence-electron chi connectivity index (χ0n) is 13.8. The summed E-state index contributed by atoms with van der Waals surface area (Å²) in [6, 6.07) is 8.14. The number of nitrogens with one attached hydrogen (secondary N) is 1. The Morgan fingerprint density at radius 2 is 1.95 bits per heavy atom. The van der Waals surface area contributed by atoms with Crippen LogP contribution in [0.15, 0.2) is 24.3 Å². The molecule has 0 spiro atoms. The third-order valence-corrected chi connectivity index (χ3v) is 4.51. The molecule has 2 rings (SSSR count). The van der Waals surface area contributed by atoms with Gasteiger partial charge in [-0.15, -0.1) is 0 Å². The lowest BCUT2D eigenvalue weighted by Crippen LogP contribution is -2.55. The van der Waals surface area contributed by atoms with Crippen LogP contribution in [0.3, 0.4) is 0 Å². The molecule has 0 radical (unpaired) electrons. The lowest BCUT2D eigenvalue weighted by Gasteiger charge is -2.43. The Kier molecular flexibility index (Phi) is 5.53. The van der Waals surface area contributed by atoms with Crippen molar-refractivity contribution in [3.8, 4) is 0 Å². The van der Waals surface area contributed by atoms with Crippen molar-refractivity contribution in [2.75, 3.05) is 19.8 Å². The van der Waals surface area contributed by atoms with Crippen LogP contribution in [0.4, 0.5) is 0 Å².